The fraction of sp³-hybridized carbons (Fsp3) is 0.226. The SMILES string of the molecule is C=C(C)C(=O)Oc1cc(OC(=O)C(=C)C)c2c(c1)-c1cc(OC(=O)C(=C)C)cc(OC(=O)C(=C)C)c1C2(C)C. The van der Waals surface area contributed by atoms with Crippen molar-refractivity contribution in [3.05, 3.63) is 84.0 Å². The van der Waals surface area contributed by atoms with Crippen molar-refractivity contribution in [3.63, 3.8) is 0 Å². The van der Waals surface area contributed by atoms with Crippen LogP contribution >= 0.6 is 0 Å². The number of ether oxygens (including phenoxy) is 4. The molecule has 0 radical (unpaired) electrons. The van der Waals surface area contributed by atoms with E-state index in [2.05, 4.69) is 26.3 Å². The van der Waals surface area contributed by atoms with E-state index in [1.165, 1.54) is 39.8 Å². The van der Waals surface area contributed by atoms with Crippen LogP contribution in [0.25, 0.3) is 11.1 Å². The number of carbonyl (C=O) groups excluding carboxylic acids is 4. The third kappa shape index (κ3) is 5.75. The Hall–Kier alpha value is -4.72. The van der Waals surface area contributed by atoms with Crippen LogP contribution in [0.1, 0.15) is 52.7 Å². The molecule has 0 saturated carbocycles. The highest BCUT2D eigenvalue weighted by Gasteiger charge is 2.43. The van der Waals surface area contributed by atoms with Gasteiger partial charge in [-0.1, -0.05) is 40.2 Å². The van der Waals surface area contributed by atoms with Crippen LogP contribution in [0.2, 0.25) is 0 Å². The molecule has 0 fully saturated rings. The van der Waals surface area contributed by atoms with Crippen molar-refractivity contribution in [1.82, 2.24) is 0 Å². The maximum atomic E-state index is 12.6. The van der Waals surface area contributed by atoms with Gasteiger partial charge in [0, 0.05) is 51.0 Å². The minimum atomic E-state index is -0.895. The molecule has 2 aromatic rings. The van der Waals surface area contributed by atoms with E-state index in [1.807, 2.05) is 13.8 Å². The van der Waals surface area contributed by atoms with E-state index < -0.39 is 29.3 Å². The summed E-state index contributed by atoms with van der Waals surface area (Å²) in [5.74, 6) is -2.32. The van der Waals surface area contributed by atoms with Gasteiger partial charge in [-0.2, -0.15) is 0 Å². The highest BCUT2D eigenvalue weighted by Crippen LogP contribution is 2.57. The Morgan fingerprint density at radius 1 is 0.538 bits per heavy atom. The third-order valence-corrected chi connectivity index (χ3v) is 5.91. The minimum Gasteiger partial charge on any atom is -0.423 e. The van der Waals surface area contributed by atoms with Crippen LogP contribution in [0.4, 0.5) is 0 Å². The summed E-state index contributed by atoms with van der Waals surface area (Å²) in [4.78, 5) is 49.8. The summed E-state index contributed by atoms with van der Waals surface area (Å²) in [6.45, 7) is 24.2. The summed E-state index contributed by atoms with van der Waals surface area (Å²) in [6.07, 6.45) is 0. The Morgan fingerprint density at radius 3 is 1.10 bits per heavy atom. The van der Waals surface area contributed by atoms with Gasteiger partial charge in [-0.05, 0) is 51.0 Å². The van der Waals surface area contributed by atoms with Crippen LogP contribution in [0.5, 0.6) is 23.0 Å². The number of hydrogen-bond donors (Lipinski definition) is 0. The van der Waals surface area contributed by atoms with E-state index in [0.29, 0.717) is 22.3 Å². The second-order valence-electron chi connectivity index (χ2n) is 9.99. The lowest BCUT2D eigenvalue weighted by Crippen LogP contribution is -2.21. The zero-order valence-electron chi connectivity index (χ0n) is 22.9. The molecule has 0 amide bonds. The lowest BCUT2D eigenvalue weighted by molar-refractivity contribution is -0.131. The van der Waals surface area contributed by atoms with Gasteiger partial charge < -0.3 is 18.9 Å². The molecule has 0 aliphatic heterocycles. The second-order valence-corrected chi connectivity index (χ2v) is 9.99. The third-order valence-electron chi connectivity index (χ3n) is 5.91. The zero-order valence-corrected chi connectivity index (χ0v) is 22.9. The van der Waals surface area contributed by atoms with Gasteiger partial charge in [-0.15, -0.1) is 0 Å². The van der Waals surface area contributed by atoms with Crippen LogP contribution in [0, 0.1) is 0 Å². The molecule has 8 heteroatoms. The smallest absolute Gasteiger partial charge is 0.338 e. The molecule has 0 unspecified atom stereocenters. The van der Waals surface area contributed by atoms with Gasteiger partial charge in [-0.25, -0.2) is 19.2 Å². The number of carbonyl (C=O) groups is 4. The Morgan fingerprint density at radius 2 is 0.821 bits per heavy atom. The van der Waals surface area contributed by atoms with Crippen molar-refractivity contribution in [2.75, 3.05) is 0 Å². The molecule has 0 bridgehead atoms. The molecule has 8 nitrogen and oxygen atoms in total. The van der Waals surface area contributed by atoms with Crippen molar-refractivity contribution in [2.24, 2.45) is 0 Å². The van der Waals surface area contributed by atoms with Crippen molar-refractivity contribution in [3.8, 4) is 34.1 Å². The molecule has 202 valence electrons. The van der Waals surface area contributed by atoms with Crippen molar-refractivity contribution in [1.29, 1.82) is 0 Å². The lowest BCUT2D eigenvalue weighted by Gasteiger charge is -2.26. The first-order valence-electron chi connectivity index (χ1n) is 11.9. The monoisotopic (exact) mass is 530 g/mol. The molecule has 39 heavy (non-hydrogen) atoms. The van der Waals surface area contributed by atoms with Crippen molar-refractivity contribution >= 4 is 23.9 Å². The summed E-state index contributed by atoms with van der Waals surface area (Å²) < 4.78 is 22.3. The van der Waals surface area contributed by atoms with Gasteiger partial charge in [0.1, 0.15) is 23.0 Å². The number of esters is 4. The van der Waals surface area contributed by atoms with E-state index in [9.17, 15) is 19.2 Å². The molecule has 1 aliphatic rings. The van der Waals surface area contributed by atoms with E-state index in [4.69, 9.17) is 18.9 Å². The lowest BCUT2D eigenvalue weighted by atomic mass is 9.81. The van der Waals surface area contributed by atoms with E-state index >= 15 is 0 Å². The Bertz CT molecular complexity index is 1390. The first kappa shape index (κ1) is 28.8. The van der Waals surface area contributed by atoms with Gasteiger partial charge in [0.05, 0.1) is 0 Å². The largest absolute Gasteiger partial charge is 0.423 e. The fourth-order valence-corrected chi connectivity index (χ4v) is 4.06. The molecule has 2 aromatic carbocycles. The Balaban J connectivity index is 2.36. The summed E-state index contributed by atoms with van der Waals surface area (Å²) in [5.41, 5.74) is 1.88. The first-order valence-corrected chi connectivity index (χ1v) is 11.9. The molecular formula is C31H30O8. The summed E-state index contributed by atoms with van der Waals surface area (Å²) >= 11 is 0. The van der Waals surface area contributed by atoms with Gasteiger partial charge in [0.25, 0.3) is 0 Å². The predicted octanol–water partition coefficient (Wildman–Crippen LogP) is 5.92. The average Bonchev–Trinajstić information content (AvgIpc) is 3.05. The molecule has 0 heterocycles. The topological polar surface area (TPSA) is 105 Å². The van der Waals surface area contributed by atoms with Crippen LogP contribution in [-0.2, 0) is 24.6 Å². The number of benzene rings is 2. The number of fused-ring (bicyclic) bond motifs is 3. The van der Waals surface area contributed by atoms with Gasteiger partial charge >= 0.3 is 23.9 Å². The maximum Gasteiger partial charge on any atom is 0.338 e. The summed E-state index contributed by atoms with van der Waals surface area (Å²) in [7, 11) is 0. The van der Waals surface area contributed by atoms with Crippen molar-refractivity contribution < 1.29 is 38.1 Å². The van der Waals surface area contributed by atoms with Crippen molar-refractivity contribution in [2.45, 2.75) is 47.0 Å². The second kappa shape index (κ2) is 10.6. The standard InChI is InChI=1S/C31H30O8/c1-15(2)27(32)36-19-11-21-22-12-20(37-28(33)16(3)4)14-24(39-30(35)18(7)8)26(22)31(9,10)25(21)23(13-19)38-29(34)17(5)6/h11-14H,1,3,5,7H2,2,4,6,8-10H3. The van der Waals surface area contributed by atoms with E-state index in [0.717, 1.165) is 0 Å². The summed E-state index contributed by atoms with van der Waals surface area (Å²) in [6, 6.07) is 6.04. The summed E-state index contributed by atoms with van der Waals surface area (Å²) in [5, 5.41) is 0. The molecule has 1 aliphatic carbocycles. The maximum absolute atomic E-state index is 12.6. The van der Waals surface area contributed by atoms with E-state index in [-0.39, 0.29) is 45.3 Å². The van der Waals surface area contributed by atoms with Crippen LogP contribution in [-0.4, -0.2) is 23.9 Å². The molecule has 0 spiro atoms. The van der Waals surface area contributed by atoms with Crippen LogP contribution in [0.3, 0.4) is 0 Å². The Kier molecular flexibility index (Phi) is 7.82. The van der Waals surface area contributed by atoms with Gasteiger partial charge in [-0.3, -0.25) is 0 Å². The average molecular weight is 531 g/mol. The van der Waals surface area contributed by atoms with E-state index in [1.54, 1.807) is 12.1 Å². The number of rotatable bonds is 8. The quantitative estimate of drug-likeness (QED) is 0.235. The zero-order chi connectivity index (χ0) is 29.4. The fourth-order valence-electron chi connectivity index (χ4n) is 4.06. The van der Waals surface area contributed by atoms with Gasteiger partial charge in [0.15, 0.2) is 0 Å². The Labute approximate surface area is 227 Å². The molecule has 0 saturated heterocycles. The highest BCUT2D eigenvalue weighted by atomic mass is 16.6. The first-order chi connectivity index (χ1) is 18.0. The molecule has 0 aromatic heterocycles. The molecular weight excluding hydrogens is 500 g/mol. The van der Waals surface area contributed by atoms with Crippen LogP contribution in [0.15, 0.2) is 72.9 Å². The predicted molar refractivity (Wildman–Crippen MR) is 146 cm³/mol. The normalized spacial score (nSPS) is 12.4. The highest BCUT2D eigenvalue weighted by molar-refractivity contribution is 5.95. The van der Waals surface area contributed by atoms with Crippen LogP contribution < -0.4 is 18.9 Å². The molecule has 3 rings (SSSR count). The number of hydrogen-bond acceptors (Lipinski definition) is 8. The molecule has 0 N–H and O–H groups in total. The van der Waals surface area contributed by atoms with Gasteiger partial charge in [0.2, 0.25) is 0 Å². The molecule has 0 atom stereocenters. The minimum absolute atomic E-state index is 0.0831.